The summed E-state index contributed by atoms with van der Waals surface area (Å²) in [6, 6.07) is 6.94. The minimum Gasteiger partial charge on any atom is -0.481 e. The van der Waals surface area contributed by atoms with Crippen LogP contribution >= 0.6 is 0 Å². The lowest BCUT2D eigenvalue weighted by atomic mass is 9.99. The fraction of sp³-hybridized carbons (Fsp3) is 0.417. The number of benzene rings is 1. The second-order valence-corrected chi connectivity index (χ2v) is 3.88. The van der Waals surface area contributed by atoms with Gasteiger partial charge in [-0.2, -0.15) is 0 Å². The summed E-state index contributed by atoms with van der Waals surface area (Å²) < 4.78 is 0. The van der Waals surface area contributed by atoms with E-state index < -0.39 is 18.0 Å². The normalized spacial score (nSPS) is 14.4. The molecule has 0 saturated carbocycles. The molecule has 1 aromatic rings. The van der Waals surface area contributed by atoms with Crippen molar-refractivity contribution < 1.29 is 20.1 Å². The van der Waals surface area contributed by atoms with Gasteiger partial charge in [0.1, 0.15) is 6.10 Å². The van der Waals surface area contributed by atoms with Crippen LogP contribution in [-0.4, -0.2) is 27.9 Å². The van der Waals surface area contributed by atoms with Crippen LogP contribution < -0.4 is 0 Å². The molecule has 0 aliphatic carbocycles. The van der Waals surface area contributed by atoms with Crippen molar-refractivity contribution in [2.75, 3.05) is 6.61 Å². The summed E-state index contributed by atoms with van der Waals surface area (Å²) in [5.74, 6) is -1.24. The van der Waals surface area contributed by atoms with Crippen LogP contribution in [0.1, 0.15) is 24.2 Å². The minimum absolute atomic E-state index is 0.315. The summed E-state index contributed by atoms with van der Waals surface area (Å²) in [6.07, 6.45) is -0.406. The molecule has 4 heteroatoms. The zero-order chi connectivity index (χ0) is 12.1. The van der Waals surface area contributed by atoms with Gasteiger partial charge in [0.15, 0.2) is 0 Å². The van der Waals surface area contributed by atoms with E-state index in [-0.39, 0.29) is 6.61 Å². The Labute approximate surface area is 94.2 Å². The third kappa shape index (κ3) is 3.32. The van der Waals surface area contributed by atoms with Gasteiger partial charge in [0.25, 0.3) is 0 Å². The number of aliphatic hydroxyl groups is 2. The van der Waals surface area contributed by atoms with Crippen molar-refractivity contribution in [1.29, 1.82) is 0 Å². The van der Waals surface area contributed by atoms with Crippen LogP contribution in [0.4, 0.5) is 0 Å². The maximum atomic E-state index is 10.7. The quantitative estimate of drug-likeness (QED) is 0.696. The molecule has 0 heterocycles. The monoisotopic (exact) mass is 224 g/mol. The predicted octanol–water partition coefficient (Wildman–Crippen LogP) is 0.975. The highest BCUT2D eigenvalue weighted by molar-refractivity contribution is 5.69. The average molecular weight is 224 g/mol. The molecule has 0 aromatic heterocycles. The first-order chi connectivity index (χ1) is 7.54. The van der Waals surface area contributed by atoms with Crippen LogP contribution in [-0.2, 0) is 11.2 Å². The molecule has 0 aliphatic rings. The molecule has 0 spiro atoms. The number of carbonyl (C=O) groups is 1. The maximum absolute atomic E-state index is 10.7. The molecular formula is C12H16O4. The molecule has 0 amide bonds. The third-order valence-electron chi connectivity index (χ3n) is 2.50. The first kappa shape index (κ1) is 12.7. The first-order valence-corrected chi connectivity index (χ1v) is 5.15. The number of hydrogen-bond acceptors (Lipinski definition) is 3. The Morgan fingerprint density at radius 3 is 2.31 bits per heavy atom. The van der Waals surface area contributed by atoms with E-state index in [0.717, 1.165) is 5.56 Å². The molecule has 0 fully saturated rings. The molecule has 0 saturated heterocycles. The van der Waals surface area contributed by atoms with Gasteiger partial charge < -0.3 is 15.3 Å². The van der Waals surface area contributed by atoms with Crippen LogP contribution in [0.5, 0.6) is 0 Å². The Morgan fingerprint density at radius 2 is 1.88 bits per heavy atom. The van der Waals surface area contributed by atoms with Crippen LogP contribution in [0.2, 0.25) is 0 Å². The van der Waals surface area contributed by atoms with Gasteiger partial charge in [-0.15, -0.1) is 0 Å². The molecule has 16 heavy (non-hydrogen) atoms. The summed E-state index contributed by atoms with van der Waals surface area (Å²) in [5, 5.41) is 26.8. The minimum atomic E-state index is -0.869. The standard InChI is InChI=1S/C12H16O4/c1-8(12(15)16)6-9-2-4-10(5-3-9)11(14)7-13/h2-5,8,11,13-14H,6-7H2,1H3,(H,15,16). The SMILES string of the molecule is CC(Cc1ccc(C(O)CO)cc1)C(=O)O. The Hall–Kier alpha value is -1.39. The summed E-state index contributed by atoms with van der Waals surface area (Å²) in [4.78, 5) is 10.7. The van der Waals surface area contributed by atoms with Crippen molar-refractivity contribution in [3.63, 3.8) is 0 Å². The zero-order valence-electron chi connectivity index (χ0n) is 9.13. The molecule has 0 bridgehead atoms. The van der Waals surface area contributed by atoms with Crippen LogP contribution in [0.3, 0.4) is 0 Å². The lowest BCUT2D eigenvalue weighted by molar-refractivity contribution is -0.141. The van der Waals surface area contributed by atoms with E-state index in [4.69, 9.17) is 10.2 Å². The molecule has 2 atom stereocenters. The molecule has 4 nitrogen and oxygen atoms in total. The molecule has 88 valence electrons. The van der Waals surface area contributed by atoms with E-state index in [2.05, 4.69) is 0 Å². The van der Waals surface area contributed by atoms with Gasteiger partial charge in [0.2, 0.25) is 0 Å². The van der Waals surface area contributed by atoms with Gasteiger partial charge in [-0.3, -0.25) is 4.79 Å². The topological polar surface area (TPSA) is 77.8 Å². The summed E-state index contributed by atoms with van der Waals surface area (Å²) in [7, 11) is 0. The number of hydrogen-bond donors (Lipinski definition) is 3. The summed E-state index contributed by atoms with van der Waals surface area (Å²) >= 11 is 0. The van der Waals surface area contributed by atoms with Crippen molar-refractivity contribution >= 4 is 5.97 Å². The fourth-order valence-corrected chi connectivity index (χ4v) is 1.42. The van der Waals surface area contributed by atoms with Crippen molar-refractivity contribution in [2.24, 2.45) is 5.92 Å². The smallest absolute Gasteiger partial charge is 0.306 e. The number of carboxylic acid groups (broad SMARTS) is 1. The number of aliphatic hydroxyl groups excluding tert-OH is 2. The molecule has 1 rings (SSSR count). The second kappa shape index (κ2) is 5.63. The van der Waals surface area contributed by atoms with Crippen LogP contribution in [0.15, 0.2) is 24.3 Å². The van der Waals surface area contributed by atoms with E-state index >= 15 is 0 Å². The van der Waals surface area contributed by atoms with Gasteiger partial charge in [-0.05, 0) is 17.5 Å². The van der Waals surface area contributed by atoms with Crippen molar-refractivity contribution in [2.45, 2.75) is 19.4 Å². The summed E-state index contributed by atoms with van der Waals surface area (Å²) in [5.41, 5.74) is 1.54. The number of rotatable bonds is 5. The van der Waals surface area contributed by atoms with Crippen molar-refractivity contribution in [3.8, 4) is 0 Å². The summed E-state index contributed by atoms with van der Waals surface area (Å²) in [6.45, 7) is 1.34. The Morgan fingerprint density at radius 1 is 1.31 bits per heavy atom. The average Bonchev–Trinajstić information content (AvgIpc) is 2.28. The van der Waals surface area contributed by atoms with Crippen molar-refractivity contribution in [3.05, 3.63) is 35.4 Å². The first-order valence-electron chi connectivity index (χ1n) is 5.15. The highest BCUT2D eigenvalue weighted by Gasteiger charge is 2.12. The Bertz CT molecular complexity index is 345. The second-order valence-electron chi connectivity index (χ2n) is 3.88. The number of aliphatic carboxylic acids is 1. The highest BCUT2D eigenvalue weighted by Crippen LogP contribution is 2.15. The molecule has 2 unspecified atom stereocenters. The van der Waals surface area contributed by atoms with Crippen LogP contribution in [0, 0.1) is 5.92 Å². The van der Waals surface area contributed by atoms with Crippen molar-refractivity contribution in [1.82, 2.24) is 0 Å². The molecule has 0 radical (unpaired) electrons. The Balaban J connectivity index is 2.68. The maximum Gasteiger partial charge on any atom is 0.306 e. The van der Waals surface area contributed by atoms with Gasteiger partial charge in [0, 0.05) is 0 Å². The molecular weight excluding hydrogens is 208 g/mol. The van der Waals surface area contributed by atoms with Gasteiger partial charge >= 0.3 is 5.97 Å². The third-order valence-corrected chi connectivity index (χ3v) is 2.50. The van der Waals surface area contributed by atoms with Gasteiger partial charge in [-0.25, -0.2) is 0 Å². The molecule has 0 aliphatic heterocycles. The fourth-order valence-electron chi connectivity index (χ4n) is 1.42. The molecule has 1 aromatic carbocycles. The lowest BCUT2D eigenvalue weighted by Crippen LogP contribution is -2.12. The van der Waals surface area contributed by atoms with E-state index in [1.807, 2.05) is 0 Å². The molecule has 3 N–H and O–H groups in total. The van der Waals surface area contributed by atoms with E-state index in [1.54, 1.807) is 31.2 Å². The lowest BCUT2D eigenvalue weighted by Gasteiger charge is -2.09. The predicted molar refractivity (Wildman–Crippen MR) is 59.0 cm³/mol. The zero-order valence-corrected chi connectivity index (χ0v) is 9.13. The highest BCUT2D eigenvalue weighted by atomic mass is 16.4. The largest absolute Gasteiger partial charge is 0.481 e. The van der Waals surface area contributed by atoms with E-state index in [0.29, 0.717) is 12.0 Å². The number of carboxylic acids is 1. The van der Waals surface area contributed by atoms with Gasteiger partial charge in [0.05, 0.1) is 12.5 Å². The van der Waals surface area contributed by atoms with E-state index in [9.17, 15) is 9.90 Å². The van der Waals surface area contributed by atoms with Crippen LogP contribution in [0.25, 0.3) is 0 Å². The van der Waals surface area contributed by atoms with Gasteiger partial charge in [-0.1, -0.05) is 31.2 Å². The van der Waals surface area contributed by atoms with E-state index in [1.165, 1.54) is 0 Å². The Kier molecular flexibility index (Phi) is 4.46.